The SMILES string of the molecule is Cc1csc(=O)n1CCC(=O)N(C(C)C)C1CC1. The van der Waals surface area contributed by atoms with Crippen LogP contribution in [0, 0.1) is 6.92 Å². The number of rotatable bonds is 5. The van der Waals surface area contributed by atoms with E-state index in [-0.39, 0.29) is 16.8 Å². The maximum absolute atomic E-state index is 12.2. The number of amides is 1. The zero-order valence-electron chi connectivity index (χ0n) is 11.2. The van der Waals surface area contributed by atoms with Crippen molar-refractivity contribution in [1.29, 1.82) is 0 Å². The van der Waals surface area contributed by atoms with E-state index in [1.165, 1.54) is 11.3 Å². The number of carbonyl (C=O) groups excluding carboxylic acids is 1. The zero-order chi connectivity index (χ0) is 13.3. The highest BCUT2D eigenvalue weighted by atomic mass is 32.1. The van der Waals surface area contributed by atoms with E-state index in [1.807, 2.05) is 17.2 Å². The molecule has 0 unspecified atom stereocenters. The van der Waals surface area contributed by atoms with Gasteiger partial charge in [0.15, 0.2) is 0 Å². The van der Waals surface area contributed by atoms with Crippen molar-refractivity contribution in [2.45, 2.75) is 58.7 Å². The van der Waals surface area contributed by atoms with Crippen molar-refractivity contribution in [2.24, 2.45) is 0 Å². The molecule has 1 aliphatic carbocycles. The highest BCUT2D eigenvalue weighted by molar-refractivity contribution is 7.07. The van der Waals surface area contributed by atoms with Gasteiger partial charge in [0.2, 0.25) is 5.91 Å². The molecule has 1 aliphatic rings. The van der Waals surface area contributed by atoms with Crippen molar-refractivity contribution >= 4 is 17.2 Å². The lowest BCUT2D eigenvalue weighted by Crippen LogP contribution is -2.39. The summed E-state index contributed by atoms with van der Waals surface area (Å²) < 4.78 is 1.69. The van der Waals surface area contributed by atoms with Crippen LogP contribution >= 0.6 is 11.3 Å². The molecule has 1 saturated carbocycles. The van der Waals surface area contributed by atoms with Crippen molar-refractivity contribution in [1.82, 2.24) is 9.47 Å². The van der Waals surface area contributed by atoms with Crippen LogP contribution < -0.4 is 4.87 Å². The normalized spacial score (nSPS) is 15.1. The second kappa shape index (κ2) is 5.26. The maximum Gasteiger partial charge on any atom is 0.307 e. The quantitative estimate of drug-likeness (QED) is 0.820. The van der Waals surface area contributed by atoms with Gasteiger partial charge in [-0.1, -0.05) is 11.3 Å². The summed E-state index contributed by atoms with van der Waals surface area (Å²) in [5, 5.41) is 1.84. The minimum absolute atomic E-state index is 0.0304. The van der Waals surface area contributed by atoms with Crippen LogP contribution in [0.15, 0.2) is 10.2 Å². The summed E-state index contributed by atoms with van der Waals surface area (Å²) in [6.45, 7) is 6.52. The third kappa shape index (κ3) is 2.83. The smallest absolute Gasteiger partial charge is 0.307 e. The van der Waals surface area contributed by atoms with Crippen LogP contribution in [0.5, 0.6) is 0 Å². The molecule has 0 saturated heterocycles. The van der Waals surface area contributed by atoms with E-state index in [2.05, 4.69) is 13.8 Å². The molecular weight excluding hydrogens is 248 g/mol. The van der Waals surface area contributed by atoms with Gasteiger partial charge >= 0.3 is 4.87 Å². The predicted molar refractivity (Wildman–Crippen MR) is 72.9 cm³/mol. The second-order valence-corrected chi connectivity index (χ2v) is 5.99. The summed E-state index contributed by atoms with van der Waals surface area (Å²) in [6, 6.07) is 0.697. The van der Waals surface area contributed by atoms with Gasteiger partial charge in [-0.05, 0) is 33.6 Å². The van der Waals surface area contributed by atoms with E-state index in [4.69, 9.17) is 0 Å². The molecule has 1 heterocycles. The average molecular weight is 268 g/mol. The number of hydrogen-bond acceptors (Lipinski definition) is 3. The first kappa shape index (κ1) is 13.3. The monoisotopic (exact) mass is 268 g/mol. The summed E-state index contributed by atoms with van der Waals surface area (Å²) in [4.78, 5) is 25.8. The first-order chi connectivity index (χ1) is 8.50. The summed E-state index contributed by atoms with van der Waals surface area (Å²) in [6.07, 6.45) is 2.68. The van der Waals surface area contributed by atoms with Crippen LogP contribution in [0.3, 0.4) is 0 Å². The molecular formula is C13H20N2O2S. The summed E-state index contributed by atoms with van der Waals surface area (Å²) in [7, 11) is 0. The molecule has 2 rings (SSSR count). The number of carbonyl (C=O) groups is 1. The van der Waals surface area contributed by atoms with E-state index >= 15 is 0 Å². The van der Waals surface area contributed by atoms with Crippen molar-refractivity contribution in [3.8, 4) is 0 Å². The molecule has 0 aromatic carbocycles. The third-order valence-corrected chi connectivity index (χ3v) is 4.19. The molecule has 1 aromatic rings. The standard InChI is InChI=1S/C13H20N2O2S/c1-9(2)15(11-4-5-11)12(16)6-7-14-10(3)8-18-13(14)17/h8-9,11H,4-7H2,1-3H3. The van der Waals surface area contributed by atoms with Crippen molar-refractivity contribution in [2.75, 3.05) is 0 Å². The lowest BCUT2D eigenvalue weighted by molar-refractivity contribution is -0.133. The fraction of sp³-hybridized carbons (Fsp3) is 0.692. The van der Waals surface area contributed by atoms with Crippen LogP contribution in [0.2, 0.25) is 0 Å². The summed E-state index contributed by atoms with van der Waals surface area (Å²) in [5.41, 5.74) is 0.945. The first-order valence-electron chi connectivity index (χ1n) is 6.46. The Morgan fingerprint density at radius 2 is 2.22 bits per heavy atom. The molecule has 0 N–H and O–H groups in total. The molecule has 1 fully saturated rings. The topological polar surface area (TPSA) is 42.3 Å². The summed E-state index contributed by atoms with van der Waals surface area (Å²) in [5.74, 6) is 0.171. The maximum atomic E-state index is 12.2. The van der Waals surface area contributed by atoms with Crippen LogP contribution in [-0.2, 0) is 11.3 Å². The van der Waals surface area contributed by atoms with Crippen LogP contribution in [0.25, 0.3) is 0 Å². The zero-order valence-corrected chi connectivity index (χ0v) is 12.0. The fourth-order valence-corrected chi connectivity index (χ4v) is 3.04. The van der Waals surface area contributed by atoms with Gasteiger partial charge in [-0.2, -0.15) is 0 Å². The van der Waals surface area contributed by atoms with E-state index < -0.39 is 0 Å². The molecule has 1 amide bonds. The van der Waals surface area contributed by atoms with E-state index in [9.17, 15) is 9.59 Å². The number of aryl methyl sites for hydroxylation is 1. The van der Waals surface area contributed by atoms with Crippen LogP contribution in [0.1, 0.15) is 38.8 Å². The molecule has 0 radical (unpaired) electrons. The second-order valence-electron chi connectivity index (χ2n) is 5.17. The Balaban J connectivity index is 1.97. The molecule has 4 nitrogen and oxygen atoms in total. The minimum Gasteiger partial charge on any atom is -0.337 e. The minimum atomic E-state index is 0.0304. The Kier molecular flexibility index (Phi) is 3.90. The molecule has 18 heavy (non-hydrogen) atoms. The molecule has 0 bridgehead atoms. The van der Waals surface area contributed by atoms with Gasteiger partial charge in [-0.25, -0.2) is 0 Å². The lowest BCUT2D eigenvalue weighted by Gasteiger charge is -2.26. The van der Waals surface area contributed by atoms with Crippen LogP contribution in [0.4, 0.5) is 0 Å². The van der Waals surface area contributed by atoms with Gasteiger partial charge in [0.1, 0.15) is 0 Å². The van der Waals surface area contributed by atoms with Gasteiger partial charge in [0.05, 0.1) is 0 Å². The van der Waals surface area contributed by atoms with Crippen molar-refractivity contribution in [3.63, 3.8) is 0 Å². The van der Waals surface area contributed by atoms with Gasteiger partial charge in [0.25, 0.3) is 0 Å². The third-order valence-electron chi connectivity index (χ3n) is 3.31. The Morgan fingerprint density at radius 3 is 2.67 bits per heavy atom. The number of nitrogens with zero attached hydrogens (tertiary/aromatic N) is 2. The Hall–Kier alpha value is -1.10. The molecule has 100 valence electrons. The summed E-state index contributed by atoms with van der Waals surface area (Å²) >= 11 is 1.20. The van der Waals surface area contributed by atoms with Gasteiger partial charge < -0.3 is 9.47 Å². The van der Waals surface area contributed by atoms with Crippen molar-refractivity contribution in [3.05, 3.63) is 20.7 Å². The molecule has 5 heteroatoms. The Bertz CT molecular complexity index is 483. The predicted octanol–water partition coefficient (Wildman–Crippen LogP) is 2.01. The van der Waals surface area contributed by atoms with Crippen molar-refractivity contribution < 1.29 is 4.79 Å². The Morgan fingerprint density at radius 1 is 1.56 bits per heavy atom. The number of aromatic nitrogens is 1. The molecule has 0 atom stereocenters. The molecule has 0 spiro atoms. The average Bonchev–Trinajstić information content (AvgIpc) is 3.05. The first-order valence-corrected chi connectivity index (χ1v) is 7.34. The Labute approximate surface area is 111 Å². The highest BCUT2D eigenvalue weighted by Crippen LogP contribution is 2.29. The molecule has 1 aromatic heterocycles. The fourth-order valence-electron chi connectivity index (χ4n) is 2.28. The number of thiazole rings is 1. The largest absolute Gasteiger partial charge is 0.337 e. The van der Waals surface area contributed by atoms with Gasteiger partial charge in [-0.15, -0.1) is 0 Å². The van der Waals surface area contributed by atoms with Gasteiger partial charge in [0, 0.05) is 36.1 Å². The van der Waals surface area contributed by atoms with Crippen LogP contribution in [-0.4, -0.2) is 27.5 Å². The van der Waals surface area contributed by atoms with E-state index in [1.54, 1.807) is 4.57 Å². The number of hydrogen-bond donors (Lipinski definition) is 0. The van der Waals surface area contributed by atoms with E-state index in [0.717, 1.165) is 18.5 Å². The lowest BCUT2D eigenvalue weighted by atomic mass is 10.2. The van der Waals surface area contributed by atoms with E-state index in [0.29, 0.717) is 19.0 Å². The van der Waals surface area contributed by atoms with Gasteiger partial charge in [-0.3, -0.25) is 9.59 Å². The highest BCUT2D eigenvalue weighted by Gasteiger charge is 2.33. The molecule has 0 aliphatic heterocycles.